The van der Waals surface area contributed by atoms with Crippen molar-refractivity contribution in [3.8, 4) is 12.3 Å². The highest BCUT2D eigenvalue weighted by atomic mass is 14.9. The van der Waals surface area contributed by atoms with Crippen LogP contribution in [0.25, 0.3) is 0 Å². The Morgan fingerprint density at radius 2 is 2.13 bits per heavy atom. The molecule has 3 nitrogen and oxygen atoms in total. The van der Waals surface area contributed by atoms with Gasteiger partial charge in [-0.15, -0.1) is 6.42 Å². The number of unbranched alkanes of at least 4 members (excludes halogenated alkanes) is 1. The van der Waals surface area contributed by atoms with Gasteiger partial charge in [-0.05, 0) is 25.8 Å². The second-order valence-electron chi connectivity index (χ2n) is 4.15. The Balaban J connectivity index is 3.36. The molecule has 0 amide bonds. The lowest BCUT2D eigenvalue weighted by atomic mass is 10.1. The van der Waals surface area contributed by atoms with Crippen LogP contribution in [0.1, 0.15) is 39.5 Å². The molecule has 0 fully saturated rings. The fraction of sp³-hybridized carbons (Fsp3) is 0.750. The van der Waals surface area contributed by atoms with E-state index in [4.69, 9.17) is 17.6 Å². The van der Waals surface area contributed by atoms with Crippen LogP contribution in [0.2, 0.25) is 0 Å². The molecule has 0 aromatic heterocycles. The van der Waals surface area contributed by atoms with Gasteiger partial charge in [0.25, 0.3) is 0 Å². The van der Waals surface area contributed by atoms with Crippen LogP contribution in [0.4, 0.5) is 0 Å². The van der Waals surface area contributed by atoms with Crippen LogP contribution in [-0.4, -0.2) is 24.3 Å². The topological polar surface area (TPSA) is 61.9 Å². The number of terminal acetylenes is 1. The number of hydrogen-bond donors (Lipinski definition) is 3. The molecular weight excluding hydrogens is 186 g/mol. The predicted molar refractivity (Wildman–Crippen MR) is 66.1 cm³/mol. The van der Waals surface area contributed by atoms with E-state index in [0.717, 1.165) is 25.8 Å². The molecule has 0 saturated carbocycles. The molecule has 0 aromatic rings. The quantitative estimate of drug-likeness (QED) is 0.322. The molecule has 0 heterocycles. The van der Waals surface area contributed by atoms with Crippen molar-refractivity contribution in [2.75, 3.05) is 6.54 Å². The largest absolute Gasteiger partial charge is 0.317 e. The molecule has 86 valence electrons. The first-order chi connectivity index (χ1) is 7.06. The second-order valence-corrected chi connectivity index (χ2v) is 4.15. The maximum atomic E-state index is 7.65. The maximum absolute atomic E-state index is 7.65. The van der Waals surface area contributed by atoms with E-state index in [1.54, 1.807) is 0 Å². The van der Waals surface area contributed by atoms with Crippen molar-refractivity contribution in [3.63, 3.8) is 0 Å². The SMILES string of the molecule is C#CC(N)CC(=N)CCCCNC(C)C. The van der Waals surface area contributed by atoms with Gasteiger partial charge in [0.05, 0.1) is 6.04 Å². The highest BCUT2D eigenvalue weighted by molar-refractivity contribution is 5.82. The van der Waals surface area contributed by atoms with Gasteiger partial charge in [0, 0.05) is 18.2 Å². The molecule has 0 spiro atoms. The number of rotatable bonds is 8. The molecule has 4 N–H and O–H groups in total. The summed E-state index contributed by atoms with van der Waals surface area (Å²) >= 11 is 0. The predicted octanol–water partition coefficient (Wildman–Crippen LogP) is 1.53. The average molecular weight is 209 g/mol. The van der Waals surface area contributed by atoms with Crippen molar-refractivity contribution in [1.82, 2.24) is 5.32 Å². The van der Waals surface area contributed by atoms with E-state index in [2.05, 4.69) is 25.1 Å². The Bertz CT molecular complexity index is 215. The summed E-state index contributed by atoms with van der Waals surface area (Å²) in [6.07, 6.45) is 8.64. The van der Waals surface area contributed by atoms with Gasteiger partial charge in [-0.1, -0.05) is 19.8 Å². The zero-order valence-electron chi connectivity index (χ0n) is 9.84. The Kier molecular flexibility index (Phi) is 7.98. The van der Waals surface area contributed by atoms with Crippen molar-refractivity contribution in [2.24, 2.45) is 5.73 Å². The third kappa shape index (κ3) is 9.45. The number of hydrogen-bond acceptors (Lipinski definition) is 3. The Morgan fingerprint density at radius 3 is 2.67 bits per heavy atom. The van der Waals surface area contributed by atoms with Crippen LogP contribution in [0.5, 0.6) is 0 Å². The smallest absolute Gasteiger partial charge is 0.0714 e. The minimum Gasteiger partial charge on any atom is -0.317 e. The van der Waals surface area contributed by atoms with Crippen LogP contribution < -0.4 is 11.1 Å². The molecule has 15 heavy (non-hydrogen) atoms. The number of nitrogens with one attached hydrogen (secondary N) is 2. The van der Waals surface area contributed by atoms with Crippen molar-refractivity contribution >= 4 is 5.71 Å². The Labute approximate surface area is 93.3 Å². The highest BCUT2D eigenvalue weighted by Crippen LogP contribution is 2.01. The highest BCUT2D eigenvalue weighted by Gasteiger charge is 2.02. The first-order valence-electron chi connectivity index (χ1n) is 5.57. The van der Waals surface area contributed by atoms with Gasteiger partial charge in [-0.25, -0.2) is 0 Å². The van der Waals surface area contributed by atoms with Crippen LogP contribution in [0, 0.1) is 17.8 Å². The molecule has 0 saturated heterocycles. The molecule has 0 aliphatic carbocycles. The first-order valence-corrected chi connectivity index (χ1v) is 5.57. The van der Waals surface area contributed by atoms with Gasteiger partial charge in [0.2, 0.25) is 0 Å². The van der Waals surface area contributed by atoms with Crippen molar-refractivity contribution in [3.05, 3.63) is 0 Å². The second kappa shape index (κ2) is 8.46. The van der Waals surface area contributed by atoms with E-state index < -0.39 is 0 Å². The van der Waals surface area contributed by atoms with Crippen LogP contribution in [-0.2, 0) is 0 Å². The molecule has 0 bridgehead atoms. The monoisotopic (exact) mass is 209 g/mol. The summed E-state index contributed by atoms with van der Waals surface area (Å²) in [5.74, 6) is 2.44. The normalized spacial score (nSPS) is 12.5. The lowest BCUT2D eigenvalue weighted by molar-refractivity contribution is 0.560. The summed E-state index contributed by atoms with van der Waals surface area (Å²) in [6.45, 7) is 5.29. The van der Waals surface area contributed by atoms with Crippen molar-refractivity contribution < 1.29 is 0 Å². The molecule has 0 aliphatic rings. The summed E-state index contributed by atoms with van der Waals surface area (Å²) in [5.41, 5.74) is 6.23. The van der Waals surface area contributed by atoms with Gasteiger partial charge >= 0.3 is 0 Å². The van der Waals surface area contributed by atoms with Gasteiger partial charge in [-0.2, -0.15) is 0 Å². The van der Waals surface area contributed by atoms with Crippen LogP contribution >= 0.6 is 0 Å². The van der Waals surface area contributed by atoms with E-state index in [-0.39, 0.29) is 6.04 Å². The molecule has 0 aliphatic heterocycles. The van der Waals surface area contributed by atoms with Gasteiger partial charge < -0.3 is 16.5 Å². The van der Waals surface area contributed by atoms with E-state index in [1.165, 1.54) is 0 Å². The van der Waals surface area contributed by atoms with E-state index in [9.17, 15) is 0 Å². The third-order valence-corrected chi connectivity index (χ3v) is 2.14. The van der Waals surface area contributed by atoms with Crippen molar-refractivity contribution in [2.45, 2.75) is 51.6 Å². The lowest BCUT2D eigenvalue weighted by Crippen LogP contribution is -2.24. The standard InChI is InChI=1S/C12H23N3/c1-4-11(13)9-12(14)7-5-6-8-15-10(2)3/h1,10-11,14-15H,5-9,13H2,2-3H3. The summed E-state index contributed by atoms with van der Waals surface area (Å²) in [5, 5.41) is 11.0. The van der Waals surface area contributed by atoms with Crippen LogP contribution in [0.15, 0.2) is 0 Å². The van der Waals surface area contributed by atoms with Crippen LogP contribution in [0.3, 0.4) is 0 Å². The minimum atomic E-state index is -0.286. The summed E-state index contributed by atoms with van der Waals surface area (Å²) in [7, 11) is 0. The minimum absolute atomic E-state index is 0.286. The molecule has 0 radical (unpaired) electrons. The van der Waals surface area contributed by atoms with E-state index in [1.807, 2.05) is 0 Å². The molecule has 3 heteroatoms. The van der Waals surface area contributed by atoms with E-state index >= 15 is 0 Å². The maximum Gasteiger partial charge on any atom is 0.0714 e. The Hall–Kier alpha value is -0.850. The van der Waals surface area contributed by atoms with Gasteiger partial charge in [0.15, 0.2) is 0 Å². The van der Waals surface area contributed by atoms with Crippen molar-refractivity contribution in [1.29, 1.82) is 5.41 Å². The average Bonchev–Trinajstić information content (AvgIpc) is 2.16. The molecule has 0 aromatic carbocycles. The molecule has 1 unspecified atom stereocenters. The molecular formula is C12H23N3. The first kappa shape index (κ1) is 14.2. The lowest BCUT2D eigenvalue weighted by Gasteiger charge is -2.08. The summed E-state index contributed by atoms with van der Waals surface area (Å²) in [4.78, 5) is 0. The summed E-state index contributed by atoms with van der Waals surface area (Å²) in [6, 6.07) is 0.255. The van der Waals surface area contributed by atoms with Gasteiger partial charge in [-0.3, -0.25) is 0 Å². The van der Waals surface area contributed by atoms with E-state index in [0.29, 0.717) is 18.2 Å². The summed E-state index contributed by atoms with van der Waals surface area (Å²) < 4.78 is 0. The zero-order valence-corrected chi connectivity index (χ0v) is 9.84. The molecule has 0 rings (SSSR count). The molecule has 1 atom stereocenters. The third-order valence-electron chi connectivity index (χ3n) is 2.14. The Morgan fingerprint density at radius 1 is 1.47 bits per heavy atom. The number of nitrogens with two attached hydrogens (primary N) is 1. The fourth-order valence-corrected chi connectivity index (χ4v) is 1.28. The zero-order chi connectivity index (χ0) is 11.7. The van der Waals surface area contributed by atoms with Gasteiger partial charge in [0.1, 0.15) is 0 Å². The fourth-order valence-electron chi connectivity index (χ4n) is 1.28.